The van der Waals surface area contributed by atoms with Crippen molar-refractivity contribution in [3.63, 3.8) is 0 Å². The van der Waals surface area contributed by atoms with E-state index in [0.29, 0.717) is 24.5 Å². The van der Waals surface area contributed by atoms with E-state index < -0.39 is 20.0 Å². The summed E-state index contributed by atoms with van der Waals surface area (Å²) in [6, 6.07) is 5.80. The average Bonchev–Trinajstić information content (AvgIpc) is 2.81. The first-order valence-corrected chi connectivity index (χ1v) is 11.1. The first kappa shape index (κ1) is 20.4. The highest BCUT2D eigenvalue weighted by Gasteiger charge is 2.25. The minimum Gasteiger partial charge on any atom is -0.279 e. The molecule has 8 nitrogen and oxygen atoms in total. The lowest BCUT2D eigenvalue weighted by atomic mass is 10.3. The molecule has 0 radical (unpaired) electrons. The third-order valence-corrected chi connectivity index (χ3v) is 7.82. The van der Waals surface area contributed by atoms with Crippen molar-refractivity contribution in [1.82, 2.24) is 14.1 Å². The third-order valence-electron chi connectivity index (χ3n) is 4.14. The highest BCUT2D eigenvalue weighted by atomic mass is 32.2. The minimum atomic E-state index is -3.89. The number of benzene rings is 1. The van der Waals surface area contributed by atoms with Crippen molar-refractivity contribution in [3.8, 4) is 0 Å². The van der Waals surface area contributed by atoms with Gasteiger partial charge in [-0.1, -0.05) is 19.9 Å². The molecule has 0 aliphatic rings. The predicted octanol–water partition coefficient (Wildman–Crippen LogP) is 1.87. The highest BCUT2D eigenvalue weighted by Crippen LogP contribution is 2.24. The molecule has 1 N–H and O–H groups in total. The van der Waals surface area contributed by atoms with Crippen LogP contribution in [-0.2, 0) is 27.1 Å². The number of aromatic nitrogens is 2. The van der Waals surface area contributed by atoms with E-state index in [1.165, 1.54) is 33.3 Å². The second-order valence-corrected chi connectivity index (χ2v) is 9.40. The number of aryl methyl sites for hydroxylation is 2. The molecule has 0 amide bonds. The van der Waals surface area contributed by atoms with Crippen LogP contribution in [0, 0.1) is 13.8 Å². The first-order chi connectivity index (χ1) is 12.0. The normalized spacial score (nSPS) is 12.5. The molecule has 0 aliphatic carbocycles. The van der Waals surface area contributed by atoms with Gasteiger partial charge in [0.15, 0.2) is 0 Å². The van der Waals surface area contributed by atoms with Crippen molar-refractivity contribution >= 4 is 25.7 Å². The van der Waals surface area contributed by atoms with E-state index in [2.05, 4.69) is 9.82 Å². The standard InChI is InChI=1S/C16H24N4O4S2/c1-6-20(7-2)26(23,24)15-10-8-9-14(11-15)18-25(21,22)16-12(3)17-19(5)13(16)4/h8-11,18H,6-7H2,1-5H3. The lowest BCUT2D eigenvalue weighted by molar-refractivity contribution is 0.445. The van der Waals surface area contributed by atoms with Gasteiger partial charge in [0.05, 0.1) is 22.0 Å². The lowest BCUT2D eigenvalue weighted by Gasteiger charge is -2.19. The van der Waals surface area contributed by atoms with Crippen molar-refractivity contribution < 1.29 is 16.8 Å². The van der Waals surface area contributed by atoms with Gasteiger partial charge in [0, 0.05) is 20.1 Å². The lowest BCUT2D eigenvalue weighted by Crippen LogP contribution is -2.30. The van der Waals surface area contributed by atoms with Gasteiger partial charge in [-0.05, 0) is 32.0 Å². The molecule has 0 saturated heterocycles. The van der Waals surface area contributed by atoms with E-state index >= 15 is 0 Å². The van der Waals surface area contributed by atoms with E-state index in [-0.39, 0.29) is 15.5 Å². The Morgan fingerprint density at radius 2 is 1.73 bits per heavy atom. The largest absolute Gasteiger partial charge is 0.279 e. The second kappa shape index (κ2) is 7.37. The fraction of sp³-hybridized carbons (Fsp3) is 0.438. The van der Waals surface area contributed by atoms with Crippen LogP contribution in [0.25, 0.3) is 0 Å². The zero-order chi connectivity index (χ0) is 19.7. The topological polar surface area (TPSA) is 101 Å². The summed E-state index contributed by atoms with van der Waals surface area (Å²) in [7, 11) is -5.90. The van der Waals surface area contributed by atoms with Crippen LogP contribution in [0.15, 0.2) is 34.1 Å². The van der Waals surface area contributed by atoms with Crippen LogP contribution in [0.5, 0.6) is 0 Å². The van der Waals surface area contributed by atoms with Gasteiger partial charge in [-0.25, -0.2) is 16.8 Å². The summed E-state index contributed by atoms with van der Waals surface area (Å²) < 4.78 is 56.0. The van der Waals surface area contributed by atoms with Gasteiger partial charge in [-0.15, -0.1) is 0 Å². The zero-order valence-corrected chi connectivity index (χ0v) is 17.1. The Morgan fingerprint density at radius 1 is 1.12 bits per heavy atom. The van der Waals surface area contributed by atoms with Crippen molar-refractivity contribution in [2.45, 2.75) is 37.5 Å². The maximum Gasteiger partial charge on any atom is 0.265 e. The molecule has 10 heteroatoms. The number of nitrogens with one attached hydrogen (secondary N) is 1. The molecule has 0 aliphatic heterocycles. The molecule has 1 heterocycles. The molecule has 26 heavy (non-hydrogen) atoms. The zero-order valence-electron chi connectivity index (χ0n) is 15.5. The van der Waals surface area contributed by atoms with E-state index in [0.717, 1.165) is 0 Å². The molecule has 144 valence electrons. The molecule has 2 rings (SSSR count). The van der Waals surface area contributed by atoms with Crippen molar-refractivity contribution in [3.05, 3.63) is 35.7 Å². The predicted molar refractivity (Wildman–Crippen MR) is 100 cm³/mol. The number of nitrogens with zero attached hydrogens (tertiary/aromatic N) is 3. The summed E-state index contributed by atoms with van der Waals surface area (Å²) in [5.74, 6) is 0. The number of hydrogen-bond donors (Lipinski definition) is 1. The number of hydrogen-bond acceptors (Lipinski definition) is 5. The van der Waals surface area contributed by atoms with Gasteiger partial charge in [-0.3, -0.25) is 9.40 Å². The molecule has 0 unspecified atom stereocenters. The van der Waals surface area contributed by atoms with Gasteiger partial charge < -0.3 is 0 Å². The van der Waals surface area contributed by atoms with E-state index in [4.69, 9.17) is 0 Å². The van der Waals surface area contributed by atoms with Gasteiger partial charge in [-0.2, -0.15) is 9.40 Å². The van der Waals surface area contributed by atoms with E-state index in [1.807, 2.05) is 0 Å². The van der Waals surface area contributed by atoms with Crippen LogP contribution in [-0.4, -0.2) is 44.0 Å². The van der Waals surface area contributed by atoms with Crippen LogP contribution >= 0.6 is 0 Å². The van der Waals surface area contributed by atoms with Crippen LogP contribution in [0.4, 0.5) is 5.69 Å². The Balaban J connectivity index is 2.43. The van der Waals surface area contributed by atoms with Crippen LogP contribution < -0.4 is 4.72 Å². The van der Waals surface area contributed by atoms with Gasteiger partial charge >= 0.3 is 0 Å². The van der Waals surface area contributed by atoms with Gasteiger partial charge in [0.25, 0.3) is 10.0 Å². The summed E-state index contributed by atoms with van der Waals surface area (Å²) >= 11 is 0. The number of anilines is 1. The molecule has 0 saturated carbocycles. The fourth-order valence-electron chi connectivity index (χ4n) is 2.78. The third kappa shape index (κ3) is 3.76. The smallest absolute Gasteiger partial charge is 0.265 e. The van der Waals surface area contributed by atoms with Crippen LogP contribution in [0.1, 0.15) is 25.2 Å². The molecular weight excluding hydrogens is 376 g/mol. The Hall–Kier alpha value is -1.91. The Kier molecular flexibility index (Phi) is 5.79. The van der Waals surface area contributed by atoms with E-state index in [9.17, 15) is 16.8 Å². The van der Waals surface area contributed by atoms with Gasteiger partial charge in [0.2, 0.25) is 10.0 Å². The fourth-order valence-corrected chi connectivity index (χ4v) is 5.78. The summed E-state index contributed by atoms with van der Waals surface area (Å²) in [5, 5.41) is 4.12. The van der Waals surface area contributed by atoms with Crippen LogP contribution in [0.2, 0.25) is 0 Å². The Morgan fingerprint density at radius 3 is 2.23 bits per heavy atom. The molecule has 1 aromatic carbocycles. The molecule has 1 aromatic heterocycles. The summed E-state index contributed by atoms with van der Waals surface area (Å²) in [5.41, 5.74) is 1.06. The van der Waals surface area contributed by atoms with Crippen molar-refractivity contribution in [2.75, 3.05) is 17.8 Å². The van der Waals surface area contributed by atoms with Gasteiger partial charge in [0.1, 0.15) is 4.90 Å². The second-order valence-electron chi connectivity index (χ2n) is 5.85. The highest BCUT2D eigenvalue weighted by molar-refractivity contribution is 7.92. The first-order valence-electron chi connectivity index (χ1n) is 8.17. The van der Waals surface area contributed by atoms with E-state index in [1.54, 1.807) is 34.7 Å². The monoisotopic (exact) mass is 400 g/mol. The summed E-state index contributed by atoms with van der Waals surface area (Å²) in [6.07, 6.45) is 0. The Bertz CT molecular complexity index is 1010. The van der Waals surface area contributed by atoms with Crippen molar-refractivity contribution in [1.29, 1.82) is 0 Å². The molecular formula is C16H24N4O4S2. The minimum absolute atomic E-state index is 0.0426. The van der Waals surface area contributed by atoms with Crippen molar-refractivity contribution in [2.24, 2.45) is 7.05 Å². The SMILES string of the molecule is CCN(CC)S(=O)(=O)c1cccc(NS(=O)(=O)c2c(C)nn(C)c2C)c1. The molecule has 0 fully saturated rings. The molecule has 0 spiro atoms. The number of sulfonamides is 2. The average molecular weight is 401 g/mol. The maximum atomic E-state index is 12.7. The van der Waals surface area contributed by atoms with Crippen LogP contribution in [0.3, 0.4) is 0 Å². The quantitative estimate of drug-likeness (QED) is 0.764. The summed E-state index contributed by atoms with van der Waals surface area (Å²) in [6.45, 7) is 7.45. The Labute approximate surface area is 154 Å². The molecule has 2 aromatic rings. The molecule has 0 bridgehead atoms. The molecule has 0 atom stereocenters. The maximum absolute atomic E-state index is 12.7. The number of rotatable bonds is 7. The summed E-state index contributed by atoms with van der Waals surface area (Å²) in [4.78, 5) is 0.137.